The molecule has 26 heavy (non-hydrogen) atoms. The Morgan fingerprint density at radius 2 is 1.73 bits per heavy atom. The van der Waals surface area contributed by atoms with Gasteiger partial charge in [0.1, 0.15) is 0 Å². The van der Waals surface area contributed by atoms with E-state index < -0.39 is 6.04 Å². The number of carbonyl (C=O) groups excluding carboxylic acids is 2. The monoisotopic (exact) mass is 412 g/mol. The van der Waals surface area contributed by atoms with Gasteiger partial charge in [0.2, 0.25) is 11.8 Å². The number of benzene rings is 2. The average molecular weight is 414 g/mol. The van der Waals surface area contributed by atoms with Gasteiger partial charge in [0.25, 0.3) is 0 Å². The molecule has 0 fully saturated rings. The van der Waals surface area contributed by atoms with Crippen molar-refractivity contribution in [3.05, 3.63) is 68.7 Å². The first kappa shape index (κ1) is 20.6. The lowest BCUT2D eigenvalue weighted by Crippen LogP contribution is -2.33. The number of hydrogen-bond donors (Lipinski definition) is 2. The van der Waals surface area contributed by atoms with Crippen LogP contribution in [0.3, 0.4) is 0 Å². The molecule has 2 aromatic carbocycles. The molecule has 7 heteroatoms. The Balaban J connectivity index is 1.93. The minimum absolute atomic E-state index is 0.129. The lowest BCUT2D eigenvalue weighted by molar-refractivity contribution is -0.122. The number of rotatable bonds is 7. The van der Waals surface area contributed by atoms with E-state index in [1.807, 2.05) is 12.1 Å². The van der Waals surface area contributed by atoms with Crippen molar-refractivity contribution in [3.8, 4) is 0 Å². The van der Waals surface area contributed by atoms with E-state index in [2.05, 4.69) is 10.6 Å². The molecule has 2 aromatic rings. The van der Waals surface area contributed by atoms with Crippen molar-refractivity contribution < 1.29 is 9.59 Å². The number of halogens is 3. The van der Waals surface area contributed by atoms with Crippen molar-refractivity contribution in [2.45, 2.75) is 25.8 Å². The molecule has 0 aliphatic rings. The van der Waals surface area contributed by atoms with Crippen LogP contribution in [0.4, 0.5) is 0 Å². The quantitative estimate of drug-likeness (QED) is 0.698. The number of carbonyl (C=O) groups is 2. The Hall–Kier alpha value is -1.75. The highest BCUT2D eigenvalue weighted by atomic mass is 35.5. The van der Waals surface area contributed by atoms with Crippen LogP contribution >= 0.6 is 34.8 Å². The van der Waals surface area contributed by atoms with Crippen LogP contribution in [-0.2, 0) is 16.0 Å². The zero-order chi connectivity index (χ0) is 19.1. The lowest BCUT2D eigenvalue weighted by Gasteiger charge is -2.18. The standard InChI is InChI=1S/C19H19Cl3N2O2/c1-12(25)24-17(13-5-7-15(20)8-6-13)11-18(26)23-10-9-14-3-2-4-16(21)19(14)22/h2-8,17H,9-11H2,1H3,(H,23,26)(H,24,25). The molecule has 0 bridgehead atoms. The molecule has 2 amide bonds. The summed E-state index contributed by atoms with van der Waals surface area (Å²) in [4.78, 5) is 23.7. The molecule has 1 atom stereocenters. The zero-order valence-electron chi connectivity index (χ0n) is 14.2. The van der Waals surface area contributed by atoms with Gasteiger partial charge in [-0.15, -0.1) is 0 Å². The Morgan fingerprint density at radius 3 is 2.38 bits per heavy atom. The highest BCUT2D eigenvalue weighted by molar-refractivity contribution is 6.42. The number of hydrogen-bond acceptors (Lipinski definition) is 2. The molecular formula is C19H19Cl3N2O2. The van der Waals surface area contributed by atoms with E-state index in [-0.39, 0.29) is 18.2 Å². The van der Waals surface area contributed by atoms with Gasteiger partial charge in [0, 0.05) is 18.5 Å². The van der Waals surface area contributed by atoms with Crippen LogP contribution in [0.2, 0.25) is 15.1 Å². The van der Waals surface area contributed by atoms with Crippen LogP contribution in [0.15, 0.2) is 42.5 Å². The van der Waals surface area contributed by atoms with Gasteiger partial charge >= 0.3 is 0 Å². The summed E-state index contributed by atoms with van der Waals surface area (Å²) in [6.07, 6.45) is 0.696. The van der Waals surface area contributed by atoms with Crippen molar-refractivity contribution in [1.82, 2.24) is 10.6 Å². The molecule has 0 aliphatic carbocycles. The van der Waals surface area contributed by atoms with Gasteiger partial charge in [-0.2, -0.15) is 0 Å². The first-order chi connectivity index (χ1) is 12.4. The van der Waals surface area contributed by atoms with Crippen LogP contribution < -0.4 is 10.6 Å². The summed E-state index contributed by atoms with van der Waals surface area (Å²) in [6.45, 7) is 1.84. The van der Waals surface area contributed by atoms with E-state index in [1.165, 1.54) is 6.92 Å². The van der Waals surface area contributed by atoms with Crippen LogP contribution in [0.5, 0.6) is 0 Å². The summed E-state index contributed by atoms with van der Waals surface area (Å²) < 4.78 is 0. The second-order valence-electron chi connectivity index (χ2n) is 5.82. The van der Waals surface area contributed by atoms with Gasteiger partial charge in [0.05, 0.1) is 22.5 Å². The van der Waals surface area contributed by atoms with Crippen molar-refractivity contribution >= 4 is 46.6 Å². The second kappa shape index (κ2) is 9.81. The molecule has 138 valence electrons. The summed E-state index contributed by atoms with van der Waals surface area (Å²) in [6, 6.07) is 12.0. The van der Waals surface area contributed by atoms with E-state index in [4.69, 9.17) is 34.8 Å². The Labute approximate surface area is 167 Å². The maximum absolute atomic E-state index is 12.3. The first-order valence-electron chi connectivity index (χ1n) is 8.09. The third-order valence-corrected chi connectivity index (χ3v) is 4.90. The Bertz CT molecular complexity index is 779. The van der Waals surface area contributed by atoms with Crippen LogP contribution in [-0.4, -0.2) is 18.4 Å². The van der Waals surface area contributed by atoms with E-state index in [0.29, 0.717) is 28.0 Å². The molecule has 0 heterocycles. The zero-order valence-corrected chi connectivity index (χ0v) is 16.5. The minimum atomic E-state index is -0.417. The molecule has 0 aliphatic heterocycles. The molecule has 4 nitrogen and oxygen atoms in total. The summed E-state index contributed by atoms with van der Waals surface area (Å²) in [5.74, 6) is -0.375. The van der Waals surface area contributed by atoms with Gasteiger partial charge in [0.15, 0.2) is 0 Å². The smallest absolute Gasteiger partial charge is 0.222 e. The predicted molar refractivity (Wildman–Crippen MR) is 106 cm³/mol. The van der Waals surface area contributed by atoms with Crippen LogP contribution in [0, 0.1) is 0 Å². The van der Waals surface area contributed by atoms with E-state index in [0.717, 1.165) is 11.1 Å². The molecule has 2 rings (SSSR count). The molecule has 0 saturated heterocycles. The summed E-state index contributed by atoms with van der Waals surface area (Å²) >= 11 is 18.0. The predicted octanol–water partition coefficient (Wildman–Crippen LogP) is 4.57. The van der Waals surface area contributed by atoms with Crippen molar-refractivity contribution in [2.24, 2.45) is 0 Å². The fraction of sp³-hybridized carbons (Fsp3) is 0.263. The summed E-state index contributed by atoms with van der Waals surface area (Å²) in [5, 5.41) is 7.22. The summed E-state index contributed by atoms with van der Waals surface area (Å²) in [7, 11) is 0. The van der Waals surface area contributed by atoms with Crippen molar-refractivity contribution in [3.63, 3.8) is 0 Å². The van der Waals surface area contributed by atoms with Crippen LogP contribution in [0.25, 0.3) is 0 Å². The SMILES string of the molecule is CC(=O)NC(CC(=O)NCCc1cccc(Cl)c1Cl)c1ccc(Cl)cc1. The molecule has 1 unspecified atom stereocenters. The van der Waals surface area contributed by atoms with E-state index >= 15 is 0 Å². The molecular weight excluding hydrogens is 395 g/mol. The average Bonchev–Trinajstić information content (AvgIpc) is 2.58. The summed E-state index contributed by atoms with van der Waals surface area (Å²) in [5.41, 5.74) is 1.69. The van der Waals surface area contributed by atoms with E-state index in [9.17, 15) is 9.59 Å². The highest BCUT2D eigenvalue weighted by Crippen LogP contribution is 2.25. The highest BCUT2D eigenvalue weighted by Gasteiger charge is 2.17. The van der Waals surface area contributed by atoms with Gasteiger partial charge in [-0.05, 0) is 35.7 Å². The third kappa shape index (κ3) is 6.20. The topological polar surface area (TPSA) is 58.2 Å². The Kier molecular flexibility index (Phi) is 7.76. The van der Waals surface area contributed by atoms with E-state index in [1.54, 1.807) is 30.3 Å². The fourth-order valence-electron chi connectivity index (χ4n) is 2.53. The fourth-order valence-corrected chi connectivity index (χ4v) is 3.07. The van der Waals surface area contributed by atoms with Gasteiger partial charge in [-0.3, -0.25) is 9.59 Å². The third-order valence-electron chi connectivity index (χ3n) is 3.79. The molecule has 0 aromatic heterocycles. The van der Waals surface area contributed by atoms with Crippen LogP contribution in [0.1, 0.15) is 30.5 Å². The van der Waals surface area contributed by atoms with Gasteiger partial charge in [-0.1, -0.05) is 59.1 Å². The molecule has 2 N–H and O–H groups in total. The second-order valence-corrected chi connectivity index (χ2v) is 7.04. The molecule has 0 radical (unpaired) electrons. The Morgan fingerprint density at radius 1 is 1.04 bits per heavy atom. The van der Waals surface area contributed by atoms with Crippen molar-refractivity contribution in [2.75, 3.05) is 6.54 Å². The maximum atomic E-state index is 12.3. The maximum Gasteiger partial charge on any atom is 0.222 e. The minimum Gasteiger partial charge on any atom is -0.356 e. The largest absolute Gasteiger partial charge is 0.356 e. The van der Waals surface area contributed by atoms with Gasteiger partial charge in [-0.25, -0.2) is 0 Å². The van der Waals surface area contributed by atoms with Gasteiger partial charge < -0.3 is 10.6 Å². The lowest BCUT2D eigenvalue weighted by atomic mass is 10.0. The normalized spacial score (nSPS) is 11.7. The number of nitrogens with one attached hydrogen (secondary N) is 2. The van der Waals surface area contributed by atoms with Crippen molar-refractivity contribution in [1.29, 1.82) is 0 Å². The number of amides is 2. The molecule has 0 saturated carbocycles. The first-order valence-corrected chi connectivity index (χ1v) is 9.22. The molecule has 0 spiro atoms.